The van der Waals surface area contributed by atoms with Gasteiger partial charge in [-0.25, -0.2) is 10.4 Å². The van der Waals surface area contributed by atoms with E-state index in [1.165, 1.54) is 0 Å². The van der Waals surface area contributed by atoms with Gasteiger partial charge in [0.1, 0.15) is 5.75 Å². The molecule has 3 N–H and O–H groups in total. The first-order valence-corrected chi connectivity index (χ1v) is 17.9. The maximum Gasteiger partial charge on any atom is 0.266 e. The van der Waals surface area contributed by atoms with Gasteiger partial charge in [-0.15, -0.1) is 0 Å². The molecule has 0 fully saturated rings. The number of hydrogen-bond acceptors (Lipinski definition) is 7. The molecule has 1 aliphatic rings. The summed E-state index contributed by atoms with van der Waals surface area (Å²) in [6.45, 7) is 0.930. The molecule has 0 saturated heterocycles. The summed E-state index contributed by atoms with van der Waals surface area (Å²) in [6, 6.07) is 47.3. The molecule has 0 saturated carbocycles. The minimum absolute atomic E-state index is 0.0450. The minimum atomic E-state index is -1.49. The van der Waals surface area contributed by atoms with Gasteiger partial charge in [-0.05, 0) is 73.9 Å². The Balaban J connectivity index is 1.29. The Labute approximate surface area is 313 Å². The fourth-order valence-electron chi connectivity index (χ4n) is 6.82. The number of ether oxygens (including phenoxy) is 2. The Kier molecular flexibility index (Phi) is 11.3. The number of nitrogens with zero attached hydrogens (tertiary/aromatic N) is 4. The summed E-state index contributed by atoms with van der Waals surface area (Å²) < 4.78 is 12.5. The van der Waals surface area contributed by atoms with Crippen LogP contribution in [0.15, 0.2) is 156 Å². The number of fused-ring (bicyclic) bond motifs is 1. The third kappa shape index (κ3) is 7.96. The molecule has 0 radical (unpaired) electrons. The third-order valence-electron chi connectivity index (χ3n) is 9.59. The summed E-state index contributed by atoms with van der Waals surface area (Å²) in [6.07, 6.45) is -0.150. The van der Waals surface area contributed by atoms with Gasteiger partial charge in [-0.1, -0.05) is 126 Å². The van der Waals surface area contributed by atoms with Crippen molar-refractivity contribution < 1.29 is 19.4 Å². The van der Waals surface area contributed by atoms with Crippen molar-refractivity contribution >= 4 is 22.6 Å². The van der Waals surface area contributed by atoms with Gasteiger partial charge in [0.25, 0.3) is 5.91 Å². The summed E-state index contributed by atoms with van der Waals surface area (Å²) in [5, 5.41) is 15.2. The molecule has 6 aromatic carbocycles. The number of benzene rings is 6. The topological polar surface area (TPSA) is 141 Å². The normalized spacial score (nSPS) is 16.2. The zero-order valence-corrected chi connectivity index (χ0v) is 29.6. The molecule has 2 atom stereocenters. The second kappa shape index (κ2) is 16.9. The van der Waals surface area contributed by atoms with Crippen molar-refractivity contribution in [3.63, 3.8) is 0 Å². The quantitative estimate of drug-likeness (QED) is 0.0322. The van der Waals surface area contributed by atoms with Crippen LogP contribution in [0.1, 0.15) is 40.3 Å². The Bertz CT molecular complexity index is 2280. The van der Waals surface area contributed by atoms with E-state index in [9.17, 15) is 4.79 Å². The second-order valence-corrected chi connectivity index (χ2v) is 13.1. The average molecular weight is 717 g/mol. The molecule has 1 aliphatic heterocycles. The number of aliphatic imine (C=N–C) groups is 1. The summed E-state index contributed by atoms with van der Waals surface area (Å²) in [7, 11) is 0. The maximum absolute atomic E-state index is 14.9. The van der Waals surface area contributed by atoms with E-state index in [4.69, 9.17) is 25.1 Å². The predicted octanol–water partition coefficient (Wildman–Crippen LogP) is 8.40. The highest BCUT2D eigenvalue weighted by Gasteiger charge is 2.53. The number of hydrogen-bond donors (Lipinski definition) is 3. The number of azide groups is 1. The van der Waals surface area contributed by atoms with Crippen molar-refractivity contribution in [1.82, 2.24) is 10.9 Å². The van der Waals surface area contributed by atoms with Crippen molar-refractivity contribution in [3.8, 4) is 16.9 Å². The SMILES string of the molecule is [N-]=[N+]=NCc1ccccc1C[C@]1(C(=O)NNCc2cccc3ccccc23)N=C(c2ccc(OCCCO)cc2)O[C@H]1c1ccc(-c2ccccc2)cc1. The molecule has 0 spiro atoms. The van der Waals surface area contributed by atoms with Crippen LogP contribution in [-0.4, -0.2) is 35.7 Å². The molecule has 0 unspecified atom stereocenters. The Morgan fingerprint density at radius 3 is 2.24 bits per heavy atom. The molecule has 0 bridgehead atoms. The van der Waals surface area contributed by atoms with E-state index in [0.717, 1.165) is 44.2 Å². The zero-order valence-electron chi connectivity index (χ0n) is 29.6. The molecule has 270 valence electrons. The lowest BCUT2D eigenvalue weighted by Crippen LogP contribution is -2.53. The first-order chi connectivity index (χ1) is 26.6. The fourth-order valence-corrected chi connectivity index (χ4v) is 6.82. The van der Waals surface area contributed by atoms with Crippen LogP contribution in [0.2, 0.25) is 0 Å². The molecule has 0 aromatic heterocycles. The predicted molar refractivity (Wildman–Crippen MR) is 211 cm³/mol. The van der Waals surface area contributed by atoms with Crippen LogP contribution in [0.25, 0.3) is 32.3 Å². The van der Waals surface area contributed by atoms with Crippen molar-refractivity contribution in [3.05, 3.63) is 184 Å². The lowest BCUT2D eigenvalue weighted by atomic mass is 9.80. The van der Waals surface area contributed by atoms with Gasteiger partial charge in [0.2, 0.25) is 5.90 Å². The van der Waals surface area contributed by atoms with Crippen molar-refractivity contribution in [2.75, 3.05) is 13.2 Å². The van der Waals surface area contributed by atoms with E-state index in [0.29, 0.717) is 36.8 Å². The second-order valence-electron chi connectivity index (χ2n) is 13.1. The first-order valence-electron chi connectivity index (χ1n) is 17.9. The Morgan fingerprint density at radius 2 is 1.46 bits per heavy atom. The van der Waals surface area contributed by atoms with Crippen LogP contribution in [0.4, 0.5) is 0 Å². The van der Waals surface area contributed by atoms with Crippen LogP contribution in [0.5, 0.6) is 5.75 Å². The number of carbonyl (C=O) groups excluding carboxylic acids is 1. The van der Waals surface area contributed by atoms with Crippen molar-refractivity contribution in [1.29, 1.82) is 0 Å². The van der Waals surface area contributed by atoms with Gasteiger partial charge < -0.3 is 14.6 Å². The van der Waals surface area contributed by atoms with Crippen LogP contribution in [-0.2, 0) is 29.0 Å². The number of nitrogens with one attached hydrogen (secondary N) is 2. The van der Waals surface area contributed by atoms with E-state index in [-0.39, 0.29) is 25.5 Å². The highest BCUT2D eigenvalue weighted by molar-refractivity contribution is 6.01. The number of aliphatic hydroxyl groups excluding tert-OH is 1. The lowest BCUT2D eigenvalue weighted by molar-refractivity contribution is -0.130. The highest BCUT2D eigenvalue weighted by atomic mass is 16.5. The summed E-state index contributed by atoms with van der Waals surface area (Å²) in [5.74, 6) is 0.579. The average Bonchev–Trinajstić information content (AvgIpc) is 3.61. The van der Waals surface area contributed by atoms with Gasteiger partial charge in [-0.2, -0.15) is 0 Å². The summed E-state index contributed by atoms with van der Waals surface area (Å²) in [5.41, 5.74) is 20.1. The molecule has 10 nitrogen and oxygen atoms in total. The van der Waals surface area contributed by atoms with Gasteiger partial charge >= 0.3 is 0 Å². The van der Waals surface area contributed by atoms with Crippen LogP contribution in [0.3, 0.4) is 0 Å². The number of aliphatic hydroxyl groups is 1. The van der Waals surface area contributed by atoms with Crippen molar-refractivity contribution in [2.24, 2.45) is 10.1 Å². The van der Waals surface area contributed by atoms with Gasteiger partial charge in [0.05, 0.1) is 13.2 Å². The maximum atomic E-state index is 14.9. The smallest absolute Gasteiger partial charge is 0.266 e. The van der Waals surface area contributed by atoms with E-state index >= 15 is 0 Å². The molecule has 1 amide bonds. The van der Waals surface area contributed by atoms with E-state index < -0.39 is 11.6 Å². The van der Waals surface area contributed by atoms with E-state index in [1.54, 1.807) is 0 Å². The third-order valence-corrected chi connectivity index (χ3v) is 9.59. The standard InChI is InChI=1S/C44H40N6O4/c45-50-47-29-37-14-5-4-13-36(37)28-44(43(52)49-46-30-38-16-8-15-33-12-6-7-17-40(33)38)41(34-20-18-32(19-21-34)31-10-2-1-3-11-31)54-42(48-44)35-22-24-39(25-23-35)53-27-9-26-51/h1-8,10-25,41,46,51H,9,26-30H2,(H,49,52)/t41-,44-/m0/s1. The first kappa shape index (κ1) is 35.9. The Hall–Kier alpha value is -6.45. The van der Waals surface area contributed by atoms with Gasteiger partial charge in [0.15, 0.2) is 11.6 Å². The molecule has 54 heavy (non-hydrogen) atoms. The summed E-state index contributed by atoms with van der Waals surface area (Å²) >= 11 is 0. The van der Waals surface area contributed by atoms with Gasteiger partial charge in [-0.3, -0.25) is 10.2 Å². The number of carbonyl (C=O) groups is 1. The number of amides is 1. The van der Waals surface area contributed by atoms with Crippen LogP contribution in [0, 0.1) is 0 Å². The van der Waals surface area contributed by atoms with Crippen LogP contribution >= 0.6 is 0 Å². The fraction of sp³-hybridized carbons (Fsp3) is 0.182. The van der Waals surface area contributed by atoms with Crippen molar-refractivity contribution in [2.45, 2.75) is 37.6 Å². The van der Waals surface area contributed by atoms with E-state index in [1.807, 2.05) is 115 Å². The Morgan fingerprint density at radius 1 is 0.796 bits per heavy atom. The lowest BCUT2D eigenvalue weighted by Gasteiger charge is -2.31. The monoisotopic (exact) mass is 716 g/mol. The molecule has 1 heterocycles. The molecule has 6 aromatic rings. The molecular formula is C44H40N6O4. The largest absolute Gasteiger partial charge is 0.494 e. The minimum Gasteiger partial charge on any atom is -0.494 e. The molecular weight excluding hydrogens is 677 g/mol. The number of hydrazine groups is 1. The molecule has 10 heteroatoms. The van der Waals surface area contributed by atoms with E-state index in [2.05, 4.69) is 51.2 Å². The summed E-state index contributed by atoms with van der Waals surface area (Å²) in [4.78, 5) is 23.1. The number of rotatable bonds is 15. The molecule has 7 rings (SSSR count). The van der Waals surface area contributed by atoms with Gasteiger partial charge in [0, 0.05) is 36.5 Å². The zero-order chi connectivity index (χ0) is 37.2. The molecule has 0 aliphatic carbocycles. The van der Waals surface area contributed by atoms with Crippen LogP contribution < -0.4 is 15.6 Å². The highest BCUT2D eigenvalue weighted by Crippen LogP contribution is 2.43.